The highest BCUT2D eigenvalue weighted by Gasteiger charge is 2.48. The summed E-state index contributed by atoms with van der Waals surface area (Å²) in [5, 5.41) is 27.5. The third-order valence-corrected chi connectivity index (χ3v) is 7.14. The van der Waals surface area contributed by atoms with Crippen LogP contribution in [-0.2, 0) is 11.3 Å². The van der Waals surface area contributed by atoms with Gasteiger partial charge < -0.3 is 20.2 Å². The fourth-order valence-electron chi connectivity index (χ4n) is 4.91. The summed E-state index contributed by atoms with van der Waals surface area (Å²) in [4.78, 5) is 11.7. The SMILES string of the molecule is Cc1nc(N2CCC3(CC2)CO[C@@H](C)[C@H]3C=N)c(CO)nc1-c1cccc(C#N)c1Cl. The monoisotopic (exact) mass is 439 g/mol. The zero-order chi connectivity index (χ0) is 22.2. The van der Waals surface area contributed by atoms with E-state index in [0.29, 0.717) is 45.7 Å². The second-order valence-electron chi connectivity index (χ2n) is 8.42. The Kier molecular flexibility index (Phi) is 5.98. The smallest absolute Gasteiger partial charge is 0.153 e. The number of aromatic nitrogens is 2. The first kappa shape index (κ1) is 21.7. The average molecular weight is 440 g/mol. The van der Waals surface area contributed by atoms with Gasteiger partial charge in [0.05, 0.1) is 41.3 Å². The molecule has 0 unspecified atom stereocenters. The predicted molar refractivity (Wildman–Crippen MR) is 119 cm³/mol. The topological polar surface area (TPSA) is 106 Å². The highest BCUT2D eigenvalue weighted by molar-refractivity contribution is 6.34. The van der Waals surface area contributed by atoms with Gasteiger partial charge in [0, 0.05) is 36.2 Å². The van der Waals surface area contributed by atoms with Crippen molar-refractivity contribution in [2.45, 2.75) is 39.4 Å². The molecule has 0 radical (unpaired) electrons. The van der Waals surface area contributed by atoms with E-state index in [4.69, 9.17) is 31.7 Å². The van der Waals surface area contributed by atoms with Crippen molar-refractivity contribution in [2.24, 2.45) is 11.3 Å². The van der Waals surface area contributed by atoms with E-state index in [-0.39, 0.29) is 24.0 Å². The van der Waals surface area contributed by atoms with Gasteiger partial charge in [0.2, 0.25) is 0 Å². The summed E-state index contributed by atoms with van der Waals surface area (Å²) >= 11 is 6.41. The minimum absolute atomic E-state index is 0.00468. The van der Waals surface area contributed by atoms with Crippen molar-refractivity contribution in [3.8, 4) is 17.3 Å². The number of benzene rings is 1. The van der Waals surface area contributed by atoms with E-state index >= 15 is 0 Å². The molecule has 2 aromatic rings. The van der Waals surface area contributed by atoms with Gasteiger partial charge >= 0.3 is 0 Å². The van der Waals surface area contributed by atoms with Crippen molar-refractivity contribution in [3.63, 3.8) is 0 Å². The van der Waals surface area contributed by atoms with Crippen LogP contribution < -0.4 is 4.90 Å². The highest BCUT2D eigenvalue weighted by atomic mass is 35.5. The number of ether oxygens (including phenoxy) is 1. The molecule has 7 nitrogen and oxygen atoms in total. The van der Waals surface area contributed by atoms with Crippen molar-refractivity contribution in [2.75, 3.05) is 24.6 Å². The van der Waals surface area contributed by atoms with Crippen LogP contribution in [-0.4, -0.2) is 47.1 Å². The van der Waals surface area contributed by atoms with E-state index in [1.54, 1.807) is 18.3 Å². The molecule has 0 amide bonds. The van der Waals surface area contributed by atoms with Gasteiger partial charge in [-0.3, -0.25) is 0 Å². The summed E-state index contributed by atoms with van der Waals surface area (Å²) in [5.74, 6) is 0.821. The fraction of sp³-hybridized carbons (Fsp3) is 0.478. The molecular weight excluding hydrogens is 414 g/mol. The lowest BCUT2D eigenvalue weighted by Gasteiger charge is -2.42. The Morgan fingerprint density at radius 2 is 2.13 bits per heavy atom. The lowest BCUT2D eigenvalue weighted by molar-refractivity contribution is 0.0973. The van der Waals surface area contributed by atoms with Crippen LogP contribution in [0.15, 0.2) is 18.2 Å². The molecule has 31 heavy (non-hydrogen) atoms. The quantitative estimate of drug-likeness (QED) is 0.703. The molecule has 2 N–H and O–H groups in total. The minimum Gasteiger partial charge on any atom is -0.390 e. The van der Waals surface area contributed by atoms with Crippen molar-refractivity contribution < 1.29 is 9.84 Å². The number of piperidine rings is 1. The number of nitrogens with zero attached hydrogens (tertiary/aromatic N) is 4. The van der Waals surface area contributed by atoms with Crippen LogP contribution in [0.1, 0.15) is 36.7 Å². The fourth-order valence-corrected chi connectivity index (χ4v) is 5.16. The second kappa shape index (κ2) is 8.54. The van der Waals surface area contributed by atoms with E-state index < -0.39 is 0 Å². The maximum atomic E-state index is 10.0. The summed E-state index contributed by atoms with van der Waals surface area (Å²) in [6, 6.07) is 7.32. The Labute approximate surface area is 187 Å². The molecule has 2 saturated heterocycles. The van der Waals surface area contributed by atoms with Gasteiger partial charge in [-0.15, -0.1) is 0 Å². The molecule has 0 bridgehead atoms. The van der Waals surface area contributed by atoms with E-state index in [0.717, 1.165) is 25.9 Å². The van der Waals surface area contributed by atoms with Gasteiger partial charge in [-0.05, 0) is 32.8 Å². The maximum absolute atomic E-state index is 10.0. The molecule has 162 valence electrons. The summed E-state index contributed by atoms with van der Waals surface area (Å²) in [5.41, 5.74) is 2.78. The maximum Gasteiger partial charge on any atom is 0.153 e. The van der Waals surface area contributed by atoms with Gasteiger partial charge in [0.25, 0.3) is 0 Å². The third kappa shape index (κ3) is 3.69. The highest BCUT2D eigenvalue weighted by Crippen LogP contribution is 2.46. The number of hydrogen-bond donors (Lipinski definition) is 2. The molecule has 2 fully saturated rings. The summed E-state index contributed by atoms with van der Waals surface area (Å²) < 4.78 is 5.88. The van der Waals surface area contributed by atoms with Crippen LogP contribution in [0.25, 0.3) is 11.3 Å². The second-order valence-corrected chi connectivity index (χ2v) is 8.80. The summed E-state index contributed by atoms with van der Waals surface area (Å²) in [7, 11) is 0. The van der Waals surface area contributed by atoms with Gasteiger partial charge in [-0.2, -0.15) is 5.26 Å². The third-order valence-electron chi connectivity index (χ3n) is 6.73. The Morgan fingerprint density at radius 3 is 2.77 bits per heavy atom. The standard InChI is InChI=1S/C23H26ClN5O2/c1-14-21(17-5-3-4-16(10-25)20(17)24)28-19(12-30)22(27-14)29-8-6-23(7-9-29)13-31-15(2)18(23)11-26/h3-5,11,15,18,26,30H,6-9,12-13H2,1-2H3/t15-,18+/m0/s1. The molecule has 8 heteroatoms. The number of nitrogens with one attached hydrogen (secondary N) is 1. The number of aliphatic hydroxyl groups excluding tert-OH is 1. The molecule has 1 spiro atoms. The number of anilines is 1. The molecule has 4 rings (SSSR count). The number of nitriles is 1. The summed E-state index contributed by atoms with van der Waals surface area (Å²) in [6.45, 7) is 5.89. The Hall–Kier alpha value is -2.53. The van der Waals surface area contributed by atoms with Crippen LogP contribution in [0.4, 0.5) is 5.82 Å². The lowest BCUT2D eigenvalue weighted by Crippen LogP contribution is -2.45. The van der Waals surface area contributed by atoms with E-state index in [2.05, 4.69) is 11.0 Å². The van der Waals surface area contributed by atoms with Gasteiger partial charge in [-0.25, -0.2) is 9.97 Å². The molecule has 2 atom stereocenters. The van der Waals surface area contributed by atoms with Gasteiger partial charge in [-0.1, -0.05) is 23.7 Å². The Bertz CT molecular complexity index is 1040. The first-order valence-electron chi connectivity index (χ1n) is 10.5. The number of aryl methyl sites for hydroxylation is 1. The summed E-state index contributed by atoms with van der Waals surface area (Å²) in [6.07, 6.45) is 3.43. The van der Waals surface area contributed by atoms with E-state index in [9.17, 15) is 10.4 Å². The molecule has 2 aliphatic rings. The van der Waals surface area contributed by atoms with Crippen LogP contribution in [0.3, 0.4) is 0 Å². The molecule has 3 heterocycles. The van der Waals surface area contributed by atoms with Crippen LogP contribution in [0.2, 0.25) is 5.02 Å². The molecule has 2 aliphatic heterocycles. The Morgan fingerprint density at radius 1 is 1.39 bits per heavy atom. The largest absolute Gasteiger partial charge is 0.390 e. The zero-order valence-electron chi connectivity index (χ0n) is 17.7. The van der Waals surface area contributed by atoms with Crippen LogP contribution >= 0.6 is 11.6 Å². The number of rotatable bonds is 4. The van der Waals surface area contributed by atoms with Gasteiger partial charge in [0.15, 0.2) is 5.82 Å². The molecule has 0 saturated carbocycles. The van der Waals surface area contributed by atoms with Crippen LogP contribution in [0, 0.1) is 35.0 Å². The molecule has 0 aliphatic carbocycles. The molecule has 1 aromatic carbocycles. The van der Waals surface area contributed by atoms with E-state index in [1.807, 2.05) is 19.9 Å². The van der Waals surface area contributed by atoms with Crippen molar-refractivity contribution in [1.82, 2.24) is 9.97 Å². The first-order valence-corrected chi connectivity index (χ1v) is 10.9. The first-order chi connectivity index (χ1) is 14.9. The number of aliphatic hydroxyl groups is 1. The number of halogens is 1. The van der Waals surface area contributed by atoms with Crippen molar-refractivity contribution in [1.29, 1.82) is 10.7 Å². The van der Waals surface area contributed by atoms with Gasteiger partial charge in [0.1, 0.15) is 11.8 Å². The lowest BCUT2D eigenvalue weighted by atomic mass is 9.69. The van der Waals surface area contributed by atoms with E-state index in [1.165, 1.54) is 0 Å². The van der Waals surface area contributed by atoms with Crippen molar-refractivity contribution in [3.05, 3.63) is 40.2 Å². The number of hydrogen-bond acceptors (Lipinski definition) is 7. The van der Waals surface area contributed by atoms with Crippen molar-refractivity contribution >= 4 is 23.6 Å². The molecular formula is C23H26ClN5O2. The Balaban J connectivity index is 1.64. The normalized spacial score (nSPS) is 22.5. The molecule has 1 aromatic heterocycles. The zero-order valence-corrected chi connectivity index (χ0v) is 18.5. The minimum atomic E-state index is -0.240. The predicted octanol–water partition coefficient (Wildman–Crippen LogP) is 3.74. The average Bonchev–Trinajstić information content (AvgIpc) is 3.09. The van der Waals surface area contributed by atoms with Crippen LogP contribution in [0.5, 0.6) is 0 Å².